The standard InChI is InChI=1S/C19H22N2O2S/c20-10-9-15-5-7-17(8-6-15)23-14-16(22)13-21-11-1-3-18(21)19-4-2-12-24-19/h2,4-8,12,16,18,22H,1,3,9,11,13-14H2. The van der Waals surface area contributed by atoms with Crippen molar-refractivity contribution < 1.29 is 9.84 Å². The summed E-state index contributed by atoms with van der Waals surface area (Å²) in [7, 11) is 0. The first-order valence-electron chi connectivity index (χ1n) is 8.30. The van der Waals surface area contributed by atoms with Crippen molar-refractivity contribution in [2.24, 2.45) is 0 Å². The Bertz CT molecular complexity index is 664. The Labute approximate surface area is 146 Å². The molecule has 2 unspecified atom stereocenters. The van der Waals surface area contributed by atoms with Crippen LogP contribution in [0.15, 0.2) is 41.8 Å². The van der Waals surface area contributed by atoms with Crippen LogP contribution < -0.4 is 4.74 Å². The van der Waals surface area contributed by atoms with Crippen LogP contribution in [0.1, 0.15) is 29.3 Å². The molecule has 2 heterocycles. The van der Waals surface area contributed by atoms with E-state index in [1.807, 2.05) is 24.3 Å². The molecule has 1 aromatic heterocycles. The lowest BCUT2D eigenvalue weighted by atomic mass is 10.1. The first kappa shape index (κ1) is 17.0. The molecule has 0 radical (unpaired) electrons. The van der Waals surface area contributed by atoms with Gasteiger partial charge in [0.15, 0.2) is 0 Å². The summed E-state index contributed by atoms with van der Waals surface area (Å²) >= 11 is 1.79. The van der Waals surface area contributed by atoms with Crippen LogP contribution >= 0.6 is 11.3 Å². The zero-order valence-electron chi connectivity index (χ0n) is 13.6. The van der Waals surface area contributed by atoms with E-state index in [2.05, 4.69) is 28.5 Å². The third kappa shape index (κ3) is 4.35. The second kappa shape index (κ2) is 8.29. The maximum Gasteiger partial charge on any atom is 0.119 e. The van der Waals surface area contributed by atoms with Crippen LogP contribution in [0.3, 0.4) is 0 Å². The van der Waals surface area contributed by atoms with Crippen molar-refractivity contribution in [3.8, 4) is 11.8 Å². The number of benzene rings is 1. The number of thiophene rings is 1. The number of nitriles is 1. The second-order valence-electron chi connectivity index (χ2n) is 6.11. The molecule has 1 N–H and O–H groups in total. The Balaban J connectivity index is 1.48. The fourth-order valence-corrected chi connectivity index (χ4v) is 4.05. The zero-order valence-corrected chi connectivity index (χ0v) is 14.4. The van der Waals surface area contributed by atoms with Crippen LogP contribution in [0.4, 0.5) is 0 Å². The second-order valence-corrected chi connectivity index (χ2v) is 7.09. The summed E-state index contributed by atoms with van der Waals surface area (Å²) in [5.74, 6) is 0.729. The van der Waals surface area contributed by atoms with E-state index < -0.39 is 6.10 Å². The summed E-state index contributed by atoms with van der Waals surface area (Å²) in [5, 5.41) is 21.1. The number of aliphatic hydroxyl groups excluding tert-OH is 1. The van der Waals surface area contributed by atoms with Gasteiger partial charge < -0.3 is 9.84 Å². The highest BCUT2D eigenvalue weighted by molar-refractivity contribution is 7.10. The van der Waals surface area contributed by atoms with Crippen molar-refractivity contribution in [2.45, 2.75) is 31.4 Å². The van der Waals surface area contributed by atoms with E-state index in [1.165, 1.54) is 11.3 Å². The quantitative estimate of drug-likeness (QED) is 0.838. The Hall–Kier alpha value is -1.87. The minimum Gasteiger partial charge on any atom is -0.491 e. The van der Waals surface area contributed by atoms with Gasteiger partial charge in [-0.05, 0) is 48.5 Å². The van der Waals surface area contributed by atoms with E-state index in [4.69, 9.17) is 10.00 Å². The lowest BCUT2D eigenvalue weighted by Crippen LogP contribution is -2.35. The molecule has 0 spiro atoms. The highest BCUT2D eigenvalue weighted by Gasteiger charge is 2.28. The van der Waals surface area contributed by atoms with Gasteiger partial charge >= 0.3 is 0 Å². The van der Waals surface area contributed by atoms with Gasteiger partial charge in [-0.2, -0.15) is 5.26 Å². The number of ether oxygens (including phenoxy) is 1. The number of hydrogen-bond donors (Lipinski definition) is 1. The molecule has 1 saturated heterocycles. The van der Waals surface area contributed by atoms with Gasteiger partial charge in [0.2, 0.25) is 0 Å². The molecule has 126 valence electrons. The maximum atomic E-state index is 10.3. The molecule has 5 heteroatoms. The Morgan fingerprint density at radius 3 is 2.88 bits per heavy atom. The molecule has 0 bridgehead atoms. The normalized spacial score (nSPS) is 19.1. The van der Waals surface area contributed by atoms with Crippen molar-refractivity contribution in [1.82, 2.24) is 4.90 Å². The fraction of sp³-hybridized carbons (Fsp3) is 0.421. The van der Waals surface area contributed by atoms with E-state index in [0.717, 1.165) is 24.3 Å². The van der Waals surface area contributed by atoms with Crippen molar-refractivity contribution in [3.63, 3.8) is 0 Å². The number of likely N-dealkylation sites (tertiary alicyclic amines) is 1. The average Bonchev–Trinajstić information content (AvgIpc) is 3.25. The topological polar surface area (TPSA) is 56.5 Å². The maximum absolute atomic E-state index is 10.3. The molecule has 0 saturated carbocycles. The Morgan fingerprint density at radius 1 is 1.33 bits per heavy atom. The first-order chi connectivity index (χ1) is 11.8. The van der Waals surface area contributed by atoms with Crippen LogP contribution in [0.2, 0.25) is 0 Å². The summed E-state index contributed by atoms with van der Waals surface area (Å²) in [5.41, 5.74) is 0.973. The van der Waals surface area contributed by atoms with Gasteiger partial charge in [0, 0.05) is 17.5 Å². The largest absolute Gasteiger partial charge is 0.491 e. The third-order valence-electron chi connectivity index (χ3n) is 4.33. The molecule has 3 rings (SSSR count). The van der Waals surface area contributed by atoms with Crippen molar-refractivity contribution in [1.29, 1.82) is 5.26 Å². The molecule has 4 nitrogen and oxygen atoms in total. The van der Waals surface area contributed by atoms with Gasteiger partial charge in [0.05, 0.1) is 12.5 Å². The predicted octanol–water partition coefficient (Wildman–Crippen LogP) is 3.39. The predicted molar refractivity (Wildman–Crippen MR) is 95.1 cm³/mol. The summed E-state index contributed by atoms with van der Waals surface area (Å²) in [6, 6.07) is 14.3. The van der Waals surface area contributed by atoms with Crippen LogP contribution in [-0.2, 0) is 6.42 Å². The minimum absolute atomic E-state index is 0.283. The van der Waals surface area contributed by atoms with Crippen LogP contribution in [-0.4, -0.2) is 35.8 Å². The van der Waals surface area contributed by atoms with Crippen LogP contribution in [0.5, 0.6) is 5.75 Å². The summed E-state index contributed by atoms with van der Waals surface area (Å²) < 4.78 is 5.68. The van der Waals surface area contributed by atoms with Gasteiger partial charge in [-0.1, -0.05) is 18.2 Å². The van der Waals surface area contributed by atoms with Crippen LogP contribution in [0, 0.1) is 11.3 Å². The fourth-order valence-electron chi connectivity index (χ4n) is 3.16. The molecular weight excluding hydrogens is 320 g/mol. The smallest absolute Gasteiger partial charge is 0.119 e. The molecule has 0 aliphatic carbocycles. The number of aliphatic hydroxyl groups is 1. The van der Waals surface area contributed by atoms with E-state index in [9.17, 15) is 5.11 Å². The van der Waals surface area contributed by atoms with Gasteiger partial charge in [-0.15, -0.1) is 11.3 Å². The van der Waals surface area contributed by atoms with Crippen molar-refractivity contribution in [2.75, 3.05) is 19.7 Å². The number of hydrogen-bond acceptors (Lipinski definition) is 5. The van der Waals surface area contributed by atoms with Crippen molar-refractivity contribution >= 4 is 11.3 Å². The Morgan fingerprint density at radius 2 is 2.17 bits per heavy atom. The number of β-amino-alcohol motifs (C(OH)–C–C–N with tert-alkyl or cyclic N) is 1. The lowest BCUT2D eigenvalue weighted by molar-refractivity contribution is 0.0643. The summed E-state index contributed by atoms with van der Waals surface area (Å²) in [6.45, 7) is 1.95. The average molecular weight is 342 g/mol. The number of rotatable bonds is 7. The highest BCUT2D eigenvalue weighted by atomic mass is 32.1. The number of nitrogens with zero attached hydrogens (tertiary/aromatic N) is 2. The molecule has 1 aliphatic heterocycles. The van der Waals surface area contributed by atoms with Gasteiger partial charge in [0.25, 0.3) is 0 Å². The Kier molecular flexibility index (Phi) is 5.86. The molecule has 2 atom stereocenters. The molecule has 1 fully saturated rings. The summed E-state index contributed by atoms with van der Waals surface area (Å²) in [6.07, 6.45) is 2.23. The van der Waals surface area contributed by atoms with E-state index in [-0.39, 0.29) is 6.61 Å². The molecule has 1 aromatic carbocycles. The van der Waals surface area contributed by atoms with Gasteiger partial charge in [-0.25, -0.2) is 0 Å². The molecule has 1 aliphatic rings. The molecule has 2 aromatic rings. The van der Waals surface area contributed by atoms with E-state index >= 15 is 0 Å². The van der Waals surface area contributed by atoms with Gasteiger partial charge in [-0.3, -0.25) is 4.90 Å². The monoisotopic (exact) mass is 342 g/mol. The highest BCUT2D eigenvalue weighted by Crippen LogP contribution is 2.34. The minimum atomic E-state index is -0.510. The lowest BCUT2D eigenvalue weighted by Gasteiger charge is -2.26. The zero-order chi connectivity index (χ0) is 16.8. The molecular formula is C19H22N2O2S. The molecule has 24 heavy (non-hydrogen) atoms. The van der Waals surface area contributed by atoms with Crippen LogP contribution in [0.25, 0.3) is 0 Å². The third-order valence-corrected chi connectivity index (χ3v) is 5.30. The SMILES string of the molecule is N#CCc1ccc(OCC(O)CN2CCCC2c2cccs2)cc1. The molecule has 0 amide bonds. The van der Waals surface area contributed by atoms with E-state index in [0.29, 0.717) is 19.0 Å². The first-order valence-corrected chi connectivity index (χ1v) is 9.18. The van der Waals surface area contributed by atoms with Gasteiger partial charge in [0.1, 0.15) is 18.5 Å². The summed E-state index contributed by atoms with van der Waals surface area (Å²) in [4.78, 5) is 3.74. The van der Waals surface area contributed by atoms with Crippen molar-refractivity contribution in [3.05, 3.63) is 52.2 Å². The van der Waals surface area contributed by atoms with E-state index in [1.54, 1.807) is 11.3 Å².